The van der Waals surface area contributed by atoms with Crippen molar-refractivity contribution in [3.63, 3.8) is 0 Å². The summed E-state index contributed by atoms with van der Waals surface area (Å²) in [5.74, 6) is 0.849. The zero-order chi connectivity index (χ0) is 10.2. The third kappa shape index (κ3) is 2.43. The first-order valence-electron chi connectivity index (χ1n) is 5.21. The Morgan fingerprint density at radius 3 is 2.15 bits per heavy atom. The first-order chi connectivity index (χ1) is 5.82. The Labute approximate surface area is 81.3 Å². The predicted molar refractivity (Wildman–Crippen MR) is 54.6 cm³/mol. The molecule has 1 aliphatic rings. The Hall–Kier alpha value is -0.110. The van der Waals surface area contributed by atoms with E-state index in [1.165, 1.54) is 0 Å². The van der Waals surface area contributed by atoms with Gasteiger partial charge in [-0.1, -0.05) is 13.8 Å². The number of rotatable bonds is 2. The molecule has 0 aromatic rings. The molecule has 0 bridgehead atoms. The molecular weight excluding hydrogens is 165 g/mol. The fraction of sp³-hybridized carbons (Fsp3) is 1.00. The van der Waals surface area contributed by atoms with Gasteiger partial charge in [0.1, 0.15) is 5.67 Å². The van der Waals surface area contributed by atoms with E-state index in [0.717, 1.165) is 13.0 Å². The molecule has 0 N–H and O–H groups in total. The molecule has 0 spiro atoms. The molecule has 1 aliphatic heterocycles. The van der Waals surface area contributed by atoms with Crippen LogP contribution < -0.4 is 0 Å². The highest BCUT2D eigenvalue weighted by molar-refractivity contribution is 4.92. The summed E-state index contributed by atoms with van der Waals surface area (Å²) in [6, 6.07) is 0.569. The van der Waals surface area contributed by atoms with Gasteiger partial charge in [-0.3, -0.25) is 0 Å². The van der Waals surface area contributed by atoms with Crippen molar-refractivity contribution < 1.29 is 4.39 Å². The molecule has 0 saturated carbocycles. The minimum absolute atomic E-state index is 0.213. The summed E-state index contributed by atoms with van der Waals surface area (Å²) >= 11 is 0. The Bertz CT molecular complexity index is 171. The molecule has 1 fully saturated rings. The standard InChI is InChI=1S/C11H22FN/c1-8(2)10-6-9(7-13(10)5)11(3,4)12/h8-10H,6-7H2,1-5H3/t9-,10?/m1/s1. The normalized spacial score (nSPS) is 31.6. The second-order valence-corrected chi connectivity index (χ2v) is 5.25. The van der Waals surface area contributed by atoms with Gasteiger partial charge in [-0.25, -0.2) is 4.39 Å². The van der Waals surface area contributed by atoms with Crippen molar-refractivity contribution in [2.24, 2.45) is 11.8 Å². The fourth-order valence-electron chi connectivity index (χ4n) is 2.31. The Morgan fingerprint density at radius 2 is 1.92 bits per heavy atom. The molecule has 1 saturated heterocycles. The molecule has 0 radical (unpaired) electrons. The summed E-state index contributed by atoms with van der Waals surface area (Å²) in [6.45, 7) is 8.75. The van der Waals surface area contributed by atoms with E-state index >= 15 is 0 Å². The van der Waals surface area contributed by atoms with E-state index in [2.05, 4.69) is 25.8 Å². The second kappa shape index (κ2) is 3.56. The van der Waals surface area contributed by atoms with Crippen LogP contribution in [-0.4, -0.2) is 30.2 Å². The number of hydrogen-bond acceptors (Lipinski definition) is 1. The molecule has 78 valence electrons. The summed E-state index contributed by atoms with van der Waals surface area (Å²) in [7, 11) is 2.11. The van der Waals surface area contributed by atoms with E-state index in [4.69, 9.17) is 0 Å². The van der Waals surface area contributed by atoms with Crippen LogP contribution in [0.2, 0.25) is 0 Å². The maximum atomic E-state index is 13.7. The number of alkyl halides is 1. The molecule has 0 amide bonds. The van der Waals surface area contributed by atoms with Crippen LogP contribution in [0.5, 0.6) is 0 Å². The highest BCUT2D eigenvalue weighted by Gasteiger charge is 2.39. The zero-order valence-corrected chi connectivity index (χ0v) is 9.47. The molecular formula is C11H22FN. The number of hydrogen-bond donors (Lipinski definition) is 0. The van der Waals surface area contributed by atoms with Crippen LogP contribution in [0.25, 0.3) is 0 Å². The van der Waals surface area contributed by atoms with E-state index in [0.29, 0.717) is 12.0 Å². The Balaban J connectivity index is 2.60. The largest absolute Gasteiger partial charge is 0.303 e. The van der Waals surface area contributed by atoms with Gasteiger partial charge in [0.25, 0.3) is 0 Å². The van der Waals surface area contributed by atoms with Crippen molar-refractivity contribution in [1.82, 2.24) is 4.90 Å². The van der Waals surface area contributed by atoms with Crippen molar-refractivity contribution in [2.75, 3.05) is 13.6 Å². The smallest absolute Gasteiger partial charge is 0.109 e. The summed E-state index contributed by atoms with van der Waals surface area (Å²) < 4.78 is 13.7. The monoisotopic (exact) mass is 187 g/mol. The van der Waals surface area contributed by atoms with Gasteiger partial charge in [-0.05, 0) is 33.2 Å². The van der Waals surface area contributed by atoms with Crippen LogP contribution in [0.1, 0.15) is 34.1 Å². The fourth-order valence-corrected chi connectivity index (χ4v) is 2.31. The van der Waals surface area contributed by atoms with Gasteiger partial charge >= 0.3 is 0 Å². The van der Waals surface area contributed by atoms with Gasteiger partial charge in [0, 0.05) is 18.5 Å². The zero-order valence-electron chi connectivity index (χ0n) is 9.47. The third-order valence-corrected chi connectivity index (χ3v) is 3.34. The first kappa shape index (κ1) is 11.0. The summed E-state index contributed by atoms with van der Waals surface area (Å²) in [6.07, 6.45) is 1.01. The molecule has 1 nitrogen and oxygen atoms in total. The maximum Gasteiger partial charge on any atom is 0.109 e. The molecule has 1 heterocycles. The van der Waals surface area contributed by atoms with Crippen molar-refractivity contribution in [1.29, 1.82) is 0 Å². The van der Waals surface area contributed by atoms with Crippen LogP contribution in [0.4, 0.5) is 4.39 Å². The van der Waals surface area contributed by atoms with Gasteiger partial charge in [0.05, 0.1) is 0 Å². The van der Waals surface area contributed by atoms with Gasteiger partial charge in [0.2, 0.25) is 0 Å². The number of likely N-dealkylation sites (tertiary alicyclic amines) is 1. The van der Waals surface area contributed by atoms with Gasteiger partial charge in [0.15, 0.2) is 0 Å². The van der Waals surface area contributed by atoms with Crippen molar-refractivity contribution in [3.8, 4) is 0 Å². The highest BCUT2D eigenvalue weighted by Crippen LogP contribution is 2.35. The molecule has 1 rings (SSSR count). The third-order valence-electron chi connectivity index (χ3n) is 3.34. The minimum Gasteiger partial charge on any atom is -0.303 e. The van der Waals surface area contributed by atoms with Gasteiger partial charge < -0.3 is 4.90 Å². The van der Waals surface area contributed by atoms with Crippen molar-refractivity contribution in [2.45, 2.75) is 45.8 Å². The molecule has 0 aromatic heterocycles. The Morgan fingerprint density at radius 1 is 1.38 bits per heavy atom. The van der Waals surface area contributed by atoms with Crippen LogP contribution in [-0.2, 0) is 0 Å². The van der Waals surface area contributed by atoms with Crippen LogP contribution >= 0.6 is 0 Å². The topological polar surface area (TPSA) is 3.24 Å². The first-order valence-corrected chi connectivity index (χ1v) is 5.21. The number of halogens is 1. The average Bonchev–Trinajstić information content (AvgIpc) is 2.29. The number of nitrogens with zero attached hydrogens (tertiary/aromatic N) is 1. The van der Waals surface area contributed by atoms with E-state index in [1.54, 1.807) is 13.8 Å². The van der Waals surface area contributed by atoms with Crippen molar-refractivity contribution >= 4 is 0 Å². The molecule has 1 unspecified atom stereocenters. The van der Waals surface area contributed by atoms with Gasteiger partial charge in [-0.15, -0.1) is 0 Å². The second-order valence-electron chi connectivity index (χ2n) is 5.25. The molecule has 2 atom stereocenters. The molecule has 0 aliphatic carbocycles. The van der Waals surface area contributed by atoms with Crippen LogP contribution in [0.3, 0.4) is 0 Å². The molecule has 2 heteroatoms. The lowest BCUT2D eigenvalue weighted by Crippen LogP contribution is -2.30. The summed E-state index contributed by atoms with van der Waals surface area (Å²) in [4.78, 5) is 2.30. The van der Waals surface area contributed by atoms with Crippen LogP contribution in [0.15, 0.2) is 0 Å². The van der Waals surface area contributed by atoms with E-state index in [-0.39, 0.29) is 5.92 Å². The van der Waals surface area contributed by atoms with Gasteiger partial charge in [-0.2, -0.15) is 0 Å². The molecule has 13 heavy (non-hydrogen) atoms. The lowest BCUT2D eigenvalue weighted by atomic mass is 9.88. The summed E-state index contributed by atoms with van der Waals surface area (Å²) in [5.41, 5.74) is -1.02. The average molecular weight is 187 g/mol. The Kier molecular flexibility index (Phi) is 3.01. The lowest BCUT2D eigenvalue weighted by Gasteiger charge is -2.22. The highest BCUT2D eigenvalue weighted by atomic mass is 19.1. The van der Waals surface area contributed by atoms with E-state index in [1.807, 2.05) is 0 Å². The SMILES string of the molecule is CC(C)C1C[C@@H](C(C)(C)F)CN1C. The van der Waals surface area contributed by atoms with Crippen LogP contribution in [0, 0.1) is 11.8 Å². The maximum absolute atomic E-state index is 13.7. The summed E-state index contributed by atoms with van der Waals surface area (Å²) in [5, 5.41) is 0. The molecule has 0 aromatic carbocycles. The lowest BCUT2D eigenvalue weighted by molar-refractivity contribution is 0.129. The van der Waals surface area contributed by atoms with E-state index < -0.39 is 5.67 Å². The predicted octanol–water partition coefficient (Wildman–Crippen LogP) is 2.71. The van der Waals surface area contributed by atoms with E-state index in [9.17, 15) is 4.39 Å². The van der Waals surface area contributed by atoms with Crippen molar-refractivity contribution in [3.05, 3.63) is 0 Å². The minimum atomic E-state index is -1.02. The quantitative estimate of drug-likeness (QED) is 0.642.